The first kappa shape index (κ1) is 9.61. The van der Waals surface area contributed by atoms with Crippen molar-refractivity contribution in [3.8, 4) is 0 Å². The summed E-state index contributed by atoms with van der Waals surface area (Å²) in [6, 6.07) is 1.52. The van der Waals surface area contributed by atoms with Crippen molar-refractivity contribution in [1.29, 1.82) is 0 Å². The molecule has 1 heterocycles. The van der Waals surface area contributed by atoms with Gasteiger partial charge in [0.1, 0.15) is 0 Å². The van der Waals surface area contributed by atoms with E-state index < -0.39 is 11.5 Å². The third-order valence-corrected chi connectivity index (χ3v) is 1.90. The number of hydrogen-bond donors (Lipinski definition) is 1. The van der Waals surface area contributed by atoms with E-state index in [1.165, 1.54) is 26.1 Å². The van der Waals surface area contributed by atoms with Crippen molar-refractivity contribution in [1.82, 2.24) is 4.98 Å². The first-order valence-corrected chi connectivity index (χ1v) is 4.24. The fourth-order valence-electron chi connectivity index (χ4n) is 0.852. The summed E-state index contributed by atoms with van der Waals surface area (Å²) in [4.78, 5) is 3.47. The Morgan fingerprint density at radius 2 is 2.17 bits per heavy atom. The largest absolute Gasteiger partial charge is 0.386 e. The maximum absolute atomic E-state index is 13.0. The third-order valence-electron chi connectivity index (χ3n) is 1.46. The van der Waals surface area contributed by atoms with E-state index in [0.29, 0.717) is 4.47 Å². The Kier molecular flexibility index (Phi) is 2.49. The standard InChI is InChI=1S/C8H9BrFNO/c1-8(2,12)6-3-5(9)4-11-7(6)10/h3-4,12H,1-2H3. The van der Waals surface area contributed by atoms with E-state index in [0.717, 1.165) is 0 Å². The molecule has 4 heteroatoms. The molecule has 0 aliphatic carbocycles. The van der Waals surface area contributed by atoms with Gasteiger partial charge in [0.2, 0.25) is 5.95 Å². The van der Waals surface area contributed by atoms with Gasteiger partial charge in [0.15, 0.2) is 0 Å². The van der Waals surface area contributed by atoms with Gasteiger partial charge in [-0.25, -0.2) is 4.98 Å². The van der Waals surface area contributed by atoms with Crippen molar-refractivity contribution in [2.75, 3.05) is 0 Å². The molecule has 12 heavy (non-hydrogen) atoms. The molecule has 1 N–H and O–H groups in total. The third kappa shape index (κ3) is 2.01. The second-order valence-corrected chi connectivity index (χ2v) is 3.97. The van der Waals surface area contributed by atoms with Gasteiger partial charge < -0.3 is 5.11 Å². The van der Waals surface area contributed by atoms with E-state index in [1.807, 2.05) is 0 Å². The summed E-state index contributed by atoms with van der Waals surface area (Å²) in [5.74, 6) is -0.634. The predicted molar refractivity (Wildman–Crippen MR) is 47.1 cm³/mol. The SMILES string of the molecule is CC(C)(O)c1cc(Br)cnc1F. The van der Waals surface area contributed by atoms with Gasteiger partial charge in [-0.15, -0.1) is 0 Å². The maximum Gasteiger partial charge on any atom is 0.218 e. The van der Waals surface area contributed by atoms with Gasteiger partial charge in [0.25, 0.3) is 0 Å². The number of rotatable bonds is 1. The van der Waals surface area contributed by atoms with Gasteiger partial charge in [-0.2, -0.15) is 4.39 Å². The first-order valence-electron chi connectivity index (χ1n) is 3.45. The van der Waals surface area contributed by atoms with Crippen LogP contribution in [0.25, 0.3) is 0 Å². The number of aliphatic hydroxyl groups is 1. The molecule has 2 nitrogen and oxygen atoms in total. The molecule has 66 valence electrons. The molecule has 0 atom stereocenters. The van der Waals surface area contributed by atoms with E-state index in [1.54, 1.807) is 0 Å². The monoisotopic (exact) mass is 233 g/mol. The van der Waals surface area contributed by atoms with Crippen molar-refractivity contribution in [2.24, 2.45) is 0 Å². The lowest BCUT2D eigenvalue weighted by Gasteiger charge is -2.17. The molecular formula is C8H9BrFNO. The molecule has 0 aliphatic heterocycles. The molecule has 1 rings (SSSR count). The van der Waals surface area contributed by atoms with Crippen LogP contribution in [0.3, 0.4) is 0 Å². The average molecular weight is 234 g/mol. The zero-order chi connectivity index (χ0) is 9.35. The van der Waals surface area contributed by atoms with Crippen LogP contribution in [-0.4, -0.2) is 10.1 Å². The Morgan fingerprint density at radius 1 is 1.58 bits per heavy atom. The Labute approximate surface area is 78.6 Å². The zero-order valence-electron chi connectivity index (χ0n) is 6.81. The van der Waals surface area contributed by atoms with Crippen LogP contribution in [0.1, 0.15) is 19.4 Å². The molecule has 0 amide bonds. The summed E-state index contributed by atoms with van der Waals surface area (Å²) in [6.07, 6.45) is 1.35. The number of halogens is 2. The Hall–Kier alpha value is -0.480. The van der Waals surface area contributed by atoms with Gasteiger partial charge in [-0.05, 0) is 35.8 Å². The van der Waals surface area contributed by atoms with Gasteiger partial charge in [-0.3, -0.25) is 0 Å². The minimum atomic E-state index is -1.19. The van der Waals surface area contributed by atoms with Crippen LogP contribution in [-0.2, 0) is 5.60 Å². The van der Waals surface area contributed by atoms with Crippen LogP contribution >= 0.6 is 15.9 Å². The molecule has 1 aromatic heterocycles. The van der Waals surface area contributed by atoms with Crippen LogP contribution in [0.5, 0.6) is 0 Å². The van der Waals surface area contributed by atoms with Crippen molar-refractivity contribution in [3.63, 3.8) is 0 Å². The molecule has 0 bridgehead atoms. The van der Waals surface area contributed by atoms with Crippen LogP contribution < -0.4 is 0 Å². The zero-order valence-corrected chi connectivity index (χ0v) is 8.39. The maximum atomic E-state index is 13.0. The quantitative estimate of drug-likeness (QED) is 0.755. The number of pyridine rings is 1. The summed E-state index contributed by atoms with van der Waals surface area (Å²) >= 11 is 3.15. The van der Waals surface area contributed by atoms with Crippen LogP contribution in [0, 0.1) is 5.95 Å². The van der Waals surface area contributed by atoms with Crippen molar-refractivity contribution < 1.29 is 9.50 Å². The van der Waals surface area contributed by atoms with E-state index in [4.69, 9.17) is 0 Å². The van der Waals surface area contributed by atoms with Gasteiger partial charge in [0, 0.05) is 16.2 Å². The molecule has 0 saturated carbocycles. The highest BCUT2D eigenvalue weighted by atomic mass is 79.9. The fraction of sp³-hybridized carbons (Fsp3) is 0.375. The normalized spacial score (nSPS) is 11.8. The molecule has 0 spiro atoms. The lowest BCUT2D eigenvalue weighted by Crippen LogP contribution is -2.18. The minimum absolute atomic E-state index is 0.192. The highest BCUT2D eigenvalue weighted by Gasteiger charge is 2.21. The molecule has 0 aliphatic rings. The van der Waals surface area contributed by atoms with E-state index in [-0.39, 0.29) is 5.56 Å². The Balaban J connectivity index is 3.23. The van der Waals surface area contributed by atoms with E-state index in [2.05, 4.69) is 20.9 Å². The Bertz CT molecular complexity index is 296. The highest BCUT2D eigenvalue weighted by Crippen LogP contribution is 2.24. The van der Waals surface area contributed by atoms with E-state index >= 15 is 0 Å². The summed E-state index contributed by atoms with van der Waals surface area (Å²) < 4.78 is 13.6. The minimum Gasteiger partial charge on any atom is -0.386 e. The first-order chi connectivity index (χ1) is 5.41. The molecule has 1 aromatic rings. The molecule has 0 aromatic carbocycles. The molecule has 0 fully saturated rings. The predicted octanol–water partition coefficient (Wildman–Crippen LogP) is 2.21. The van der Waals surface area contributed by atoms with Gasteiger partial charge in [-0.1, -0.05) is 0 Å². The number of nitrogens with zero attached hydrogens (tertiary/aromatic N) is 1. The molecular weight excluding hydrogens is 225 g/mol. The average Bonchev–Trinajstić information content (AvgIpc) is 1.92. The fourth-order valence-corrected chi connectivity index (χ4v) is 1.18. The summed E-state index contributed by atoms with van der Waals surface area (Å²) in [7, 11) is 0. The molecule has 0 radical (unpaired) electrons. The lowest BCUT2D eigenvalue weighted by atomic mass is 10.0. The van der Waals surface area contributed by atoms with E-state index in [9.17, 15) is 9.50 Å². The summed E-state index contributed by atoms with van der Waals surface area (Å²) in [5.41, 5.74) is -1.00. The topological polar surface area (TPSA) is 33.1 Å². The summed E-state index contributed by atoms with van der Waals surface area (Å²) in [5, 5.41) is 9.49. The number of hydrogen-bond acceptors (Lipinski definition) is 2. The highest BCUT2D eigenvalue weighted by molar-refractivity contribution is 9.10. The summed E-state index contributed by atoms with van der Waals surface area (Å²) in [6.45, 7) is 3.03. The molecule has 0 unspecified atom stereocenters. The van der Waals surface area contributed by atoms with Crippen molar-refractivity contribution in [3.05, 3.63) is 28.2 Å². The van der Waals surface area contributed by atoms with Crippen LogP contribution in [0.15, 0.2) is 16.7 Å². The second kappa shape index (κ2) is 3.11. The van der Waals surface area contributed by atoms with Crippen LogP contribution in [0.2, 0.25) is 0 Å². The van der Waals surface area contributed by atoms with Crippen molar-refractivity contribution >= 4 is 15.9 Å². The Morgan fingerprint density at radius 3 is 2.58 bits per heavy atom. The molecule has 0 saturated heterocycles. The number of aromatic nitrogens is 1. The van der Waals surface area contributed by atoms with Crippen molar-refractivity contribution in [2.45, 2.75) is 19.4 Å². The van der Waals surface area contributed by atoms with Gasteiger partial charge >= 0.3 is 0 Å². The van der Waals surface area contributed by atoms with Gasteiger partial charge in [0.05, 0.1) is 5.60 Å². The smallest absolute Gasteiger partial charge is 0.218 e. The second-order valence-electron chi connectivity index (χ2n) is 3.05. The van der Waals surface area contributed by atoms with Crippen LogP contribution in [0.4, 0.5) is 4.39 Å². The lowest BCUT2D eigenvalue weighted by molar-refractivity contribution is 0.0735.